The maximum Gasteiger partial charge on any atom is 0.196 e. The summed E-state index contributed by atoms with van der Waals surface area (Å²) in [6, 6.07) is 7.65. The molecule has 0 bridgehead atoms. The van der Waals surface area contributed by atoms with Gasteiger partial charge in [-0.25, -0.2) is 8.78 Å². The van der Waals surface area contributed by atoms with Crippen LogP contribution >= 0.6 is 0 Å². The molecule has 0 saturated carbocycles. The fourth-order valence-electron chi connectivity index (χ4n) is 1.83. The Balaban J connectivity index is 2.47. The lowest BCUT2D eigenvalue weighted by Crippen LogP contribution is -2.07. The van der Waals surface area contributed by atoms with Crippen LogP contribution in [0.5, 0.6) is 5.75 Å². The molecule has 2 aromatic rings. The molecule has 2 aromatic carbocycles. The normalized spacial score (nSPS) is 10.3. The molecule has 0 aliphatic carbocycles. The van der Waals surface area contributed by atoms with Crippen LogP contribution in [-0.2, 0) is 0 Å². The summed E-state index contributed by atoms with van der Waals surface area (Å²) in [5.74, 6) is -1.32. The van der Waals surface area contributed by atoms with Gasteiger partial charge in [-0.05, 0) is 48.9 Å². The van der Waals surface area contributed by atoms with Gasteiger partial charge in [-0.2, -0.15) is 0 Å². The lowest BCUT2D eigenvalue weighted by Gasteiger charge is -2.08. The van der Waals surface area contributed by atoms with E-state index in [4.69, 9.17) is 4.74 Å². The molecule has 2 nitrogen and oxygen atoms in total. The van der Waals surface area contributed by atoms with Gasteiger partial charge in [0.15, 0.2) is 5.78 Å². The van der Waals surface area contributed by atoms with Crippen molar-refractivity contribution in [2.24, 2.45) is 0 Å². The number of rotatable bonds is 3. The summed E-state index contributed by atoms with van der Waals surface area (Å²) in [5, 5.41) is 0. The average Bonchev–Trinajstić information content (AvgIpc) is 2.40. The highest BCUT2D eigenvalue weighted by atomic mass is 19.1. The van der Waals surface area contributed by atoms with Gasteiger partial charge in [0.2, 0.25) is 0 Å². The zero-order valence-electron chi connectivity index (χ0n) is 10.5. The Bertz CT molecular complexity index is 636. The first-order valence-electron chi connectivity index (χ1n) is 5.67. The number of halogens is 2. The smallest absolute Gasteiger partial charge is 0.196 e. The molecule has 0 atom stereocenters. The zero-order valence-corrected chi connectivity index (χ0v) is 10.5. The van der Waals surface area contributed by atoms with Crippen LogP contribution in [0, 0.1) is 18.6 Å². The minimum absolute atomic E-state index is 0.270. The van der Waals surface area contributed by atoms with Crippen molar-refractivity contribution in [3.05, 3.63) is 64.7 Å². The molecule has 0 heterocycles. The number of hydrogen-bond donors (Lipinski definition) is 0. The van der Waals surface area contributed by atoms with E-state index in [1.807, 2.05) is 0 Å². The standard InChI is InChI=1S/C15H12F2O2/c1-9-7-11(19-2)4-5-12(9)15(18)13-8-10(16)3-6-14(13)17/h3-8H,1-2H3. The Hall–Kier alpha value is -2.23. The fourth-order valence-corrected chi connectivity index (χ4v) is 1.83. The number of carbonyl (C=O) groups is 1. The highest BCUT2D eigenvalue weighted by Gasteiger charge is 2.17. The summed E-state index contributed by atoms with van der Waals surface area (Å²) >= 11 is 0. The van der Waals surface area contributed by atoms with Gasteiger partial charge in [0.05, 0.1) is 12.7 Å². The average molecular weight is 262 g/mol. The van der Waals surface area contributed by atoms with E-state index in [0.717, 1.165) is 18.2 Å². The molecule has 0 amide bonds. The molecule has 2 rings (SSSR count). The van der Waals surface area contributed by atoms with E-state index in [-0.39, 0.29) is 5.56 Å². The largest absolute Gasteiger partial charge is 0.497 e. The van der Waals surface area contributed by atoms with Crippen molar-refractivity contribution in [1.82, 2.24) is 0 Å². The van der Waals surface area contributed by atoms with Gasteiger partial charge in [0.25, 0.3) is 0 Å². The van der Waals surface area contributed by atoms with Gasteiger partial charge in [-0.1, -0.05) is 0 Å². The Kier molecular flexibility index (Phi) is 3.60. The highest BCUT2D eigenvalue weighted by Crippen LogP contribution is 2.21. The molecule has 0 spiro atoms. The second-order valence-electron chi connectivity index (χ2n) is 4.13. The molecular formula is C15H12F2O2. The lowest BCUT2D eigenvalue weighted by atomic mass is 9.98. The fraction of sp³-hybridized carbons (Fsp3) is 0.133. The van der Waals surface area contributed by atoms with Gasteiger partial charge >= 0.3 is 0 Å². The molecule has 0 radical (unpaired) electrons. The van der Waals surface area contributed by atoms with Crippen LogP contribution in [0.3, 0.4) is 0 Å². The molecule has 0 aliphatic heterocycles. The zero-order chi connectivity index (χ0) is 14.0. The quantitative estimate of drug-likeness (QED) is 0.791. The second-order valence-corrected chi connectivity index (χ2v) is 4.13. The second kappa shape index (κ2) is 5.18. The summed E-state index contributed by atoms with van der Waals surface area (Å²) in [6.45, 7) is 1.72. The van der Waals surface area contributed by atoms with Gasteiger partial charge in [0, 0.05) is 5.56 Å². The van der Waals surface area contributed by atoms with Crippen molar-refractivity contribution < 1.29 is 18.3 Å². The Morgan fingerprint density at radius 2 is 1.79 bits per heavy atom. The number of carbonyl (C=O) groups excluding carboxylic acids is 1. The van der Waals surface area contributed by atoms with Crippen molar-refractivity contribution in [3.63, 3.8) is 0 Å². The first-order chi connectivity index (χ1) is 9.02. The van der Waals surface area contributed by atoms with E-state index in [1.54, 1.807) is 25.1 Å². The first-order valence-corrected chi connectivity index (χ1v) is 5.67. The van der Waals surface area contributed by atoms with Crippen molar-refractivity contribution >= 4 is 5.78 Å². The number of benzene rings is 2. The topological polar surface area (TPSA) is 26.3 Å². The highest BCUT2D eigenvalue weighted by molar-refractivity contribution is 6.10. The summed E-state index contributed by atoms with van der Waals surface area (Å²) in [4.78, 5) is 12.2. The molecule has 0 fully saturated rings. The van der Waals surface area contributed by atoms with Gasteiger partial charge < -0.3 is 4.74 Å². The Morgan fingerprint density at radius 3 is 2.42 bits per heavy atom. The monoisotopic (exact) mass is 262 g/mol. The predicted octanol–water partition coefficient (Wildman–Crippen LogP) is 3.51. The summed E-state index contributed by atoms with van der Waals surface area (Å²) in [6.07, 6.45) is 0. The summed E-state index contributed by atoms with van der Waals surface area (Å²) in [5.41, 5.74) is 0.701. The van der Waals surface area contributed by atoms with Crippen LogP contribution < -0.4 is 4.74 Å². The van der Waals surface area contributed by atoms with E-state index >= 15 is 0 Å². The molecule has 4 heteroatoms. The minimum Gasteiger partial charge on any atom is -0.497 e. The molecule has 0 saturated heterocycles. The number of ketones is 1. The Morgan fingerprint density at radius 1 is 1.05 bits per heavy atom. The maximum absolute atomic E-state index is 13.6. The minimum atomic E-state index is -0.735. The van der Waals surface area contributed by atoms with E-state index in [1.165, 1.54) is 7.11 Å². The van der Waals surface area contributed by atoms with Crippen LogP contribution in [0.4, 0.5) is 8.78 Å². The van der Waals surface area contributed by atoms with Gasteiger partial charge in [-0.15, -0.1) is 0 Å². The number of hydrogen-bond acceptors (Lipinski definition) is 2. The molecule has 0 N–H and O–H groups in total. The molecule has 0 unspecified atom stereocenters. The van der Waals surface area contributed by atoms with Crippen LogP contribution in [0.15, 0.2) is 36.4 Å². The van der Waals surface area contributed by atoms with E-state index in [2.05, 4.69) is 0 Å². The van der Waals surface area contributed by atoms with Crippen LogP contribution in [-0.4, -0.2) is 12.9 Å². The van der Waals surface area contributed by atoms with Crippen molar-refractivity contribution in [1.29, 1.82) is 0 Å². The van der Waals surface area contributed by atoms with Crippen LogP contribution in [0.2, 0.25) is 0 Å². The van der Waals surface area contributed by atoms with Crippen LogP contribution in [0.1, 0.15) is 21.5 Å². The third-order valence-electron chi connectivity index (χ3n) is 2.85. The summed E-state index contributed by atoms with van der Waals surface area (Å²) < 4.78 is 31.7. The van der Waals surface area contributed by atoms with Crippen molar-refractivity contribution in [3.8, 4) is 5.75 Å². The molecule has 98 valence electrons. The SMILES string of the molecule is COc1ccc(C(=O)c2cc(F)ccc2F)c(C)c1. The Labute approximate surface area is 109 Å². The molecular weight excluding hydrogens is 250 g/mol. The maximum atomic E-state index is 13.6. The summed E-state index contributed by atoms with van der Waals surface area (Å²) in [7, 11) is 1.52. The molecule has 0 aromatic heterocycles. The van der Waals surface area contributed by atoms with Crippen molar-refractivity contribution in [2.45, 2.75) is 6.92 Å². The van der Waals surface area contributed by atoms with E-state index < -0.39 is 17.4 Å². The molecule has 0 aliphatic rings. The van der Waals surface area contributed by atoms with E-state index in [0.29, 0.717) is 16.9 Å². The number of aryl methyl sites for hydroxylation is 1. The van der Waals surface area contributed by atoms with Gasteiger partial charge in [0.1, 0.15) is 17.4 Å². The first kappa shape index (κ1) is 13.2. The van der Waals surface area contributed by atoms with E-state index in [9.17, 15) is 13.6 Å². The van der Waals surface area contributed by atoms with Gasteiger partial charge in [-0.3, -0.25) is 4.79 Å². The van der Waals surface area contributed by atoms with Crippen LogP contribution in [0.25, 0.3) is 0 Å². The third-order valence-corrected chi connectivity index (χ3v) is 2.85. The molecule has 19 heavy (non-hydrogen) atoms. The number of ether oxygens (including phenoxy) is 1. The van der Waals surface area contributed by atoms with Crippen molar-refractivity contribution in [2.75, 3.05) is 7.11 Å². The lowest BCUT2D eigenvalue weighted by molar-refractivity contribution is 0.103. The number of methoxy groups -OCH3 is 1. The predicted molar refractivity (Wildman–Crippen MR) is 67.5 cm³/mol. The third kappa shape index (κ3) is 2.62.